The lowest BCUT2D eigenvalue weighted by Gasteiger charge is -2.15. The summed E-state index contributed by atoms with van der Waals surface area (Å²) in [4.78, 5) is 37.1. The number of anilines is 2. The summed E-state index contributed by atoms with van der Waals surface area (Å²) in [5.74, 6) is -2.50. The van der Waals surface area contributed by atoms with E-state index >= 15 is 0 Å². The van der Waals surface area contributed by atoms with E-state index < -0.39 is 17.6 Å². The van der Waals surface area contributed by atoms with Crippen LogP contribution in [-0.4, -0.2) is 22.8 Å². The van der Waals surface area contributed by atoms with Gasteiger partial charge >= 0.3 is 5.91 Å². The van der Waals surface area contributed by atoms with E-state index in [1.165, 1.54) is 37.3 Å². The number of imide groups is 1. The quantitative estimate of drug-likeness (QED) is 0.780. The SMILES string of the molecule is CC(=O)Nc1ccc(N2C(=O)C(O)=C(c3ccc(Cl)cc3Cl)C2=O)cc1. The van der Waals surface area contributed by atoms with Crippen molar-refractivity contribution in [3.63, 3.8) is 0 Å². The first-order valence-corrected chi connectivity index (χ1v) is 8.20. The van der Waals surface area contributed by atoms with Gasteiger partial charge in [-0.2, -0.15) is 0 Å². The number of rotatable bonds is 3. The average Bonchev–Trinajstić information content (AvgIpc) is 2.78. The Balaban J connectivity index is 1.97. The van der Waals surface area contributed by atoms with Crippen LogP contribution in [0.25, 0.3) is 5.57 Å². The third-order valence-electron chi connectivity index (χ3n) is 3.71. The summed E-state index contributed by atoms with van der Waals surface area (Å²) in [6.07, 6.45) is 0. The highest BCUT2D eigenvalue weighted by Crippen LogP contribution is 2.36. The topological polar surface area (TPSA) is 86.7 Å². The fraction of sp³-hybridized carbons (Fsp3) is 0.0556. The molecular formula is C18H12Cl2N2O4. The predicted octanol–water partition coefficient (Wildman–Crippen LogP) is 3.79. The molecule has 0 fully saturated rings. The number of carbonyl (C=O) groups is 3. The number of hydrogen-bond donors (Lipinski definition) is 2. The molecule has 0 unspecified atom stereocenters. The summed E-state index contributed by atoms with van der Waals surface area (Å²) in [6.45, 7) is 1.37. The van der Waals surface area contributed by atoms with Gasteiger partial charge in [0.05, 0.1) is 16.3 Å². The maximum Gasteiger partial charge on any atom is 0.301 e. The zero-order chi connectivity index (χ0) is 19.0. The van der Waals surface area contributed by atoms with Crippen LogP contribution in [0.3, 0.4) is 0 Å². The molecular weight excluding hydrogens is 379 g/mol. The highest BCUT2D eigenvalue weighted by molar-refractivity contribution is 6.47. The molecule has 3 amide bonds. The minimum absolute atomic E-state index is 0.142. The molecule has 6 nitrogen and oxygen atoms in total. The van der Waals surface area contributed by atoms with Gasteiger partial charge in [-0.05, 0) is 36.4 Å². The van der Waals surface area contributed by atoms with Crippen molar-refractivity contribution in [1.29, 1.82) is 0 Å². The minimum Gasteiger partial charge on any atom is -0.502 e. The van der Waals surface area contributed by atoms with Crippen molar-refractivity contribution < 1.29 is 19.5 Å². The van der Waals surface area contributed by atoms with Crippen LogP contribution < -0.4 is 10.2 Å². The summed E-state index contributed by atoms with van der Waals surface area (Å²) >= 11 is 11.9. The number of amides is 3. The first-order chi connectivity index (χ1) is 12.3. The second kappa shape index (κ2) is 6.82. The lowest BCUT2D eigenvalue weighted by molar-refractivity contribution is -0.121. The molecule has 1 heterocycles. The molecule has 0 aromatic heterocycles. The lowest BCUT2D eigenvalue weighted by atomic mass is 10.1. The fourth-order valence-corrected chi connectivity index (χ4v) is 3.09. The molecule has 0 saturated heterocycles. The van der Waals surface area contributed by atoms with E-state index in [-0.39, 0.29) is 27.8 Å². The van der Waals surface area contributed by atoms with Crippen LogP contribution >= 0.6 is 23.2 Å². The Labute approximate surface area is 158 Å². The number of nitrogens with zero attached hydrogens (tertiary/aromatic N) is 1. The number of aliphatic hydroxyl groups excluding tert-OH is 1. The number of halogens is 2. The zero-order valence-electron chi connectivity index (χ0n) is 13.4. The van der Waals surface area contributed by atoms with Crippen molar-refractivity contribution in [2.45, 2.75) is 6.92 Å². The molecule has 1 aliphatic heterocycles. The van der Waals surface area contributed by atoms with Crippen molar-refractivity contribution in [3.05, 3.63) is 63.8 Å². The van der Waals surface area contributed by atoms with Crippen LogP contribution in [0.5, 0.6) is 0 Å². The Morgan fingerprint density at radius 2 is 1.69 bits per heavy atom. The number of benzene rings is 2. The van der Waals surface area contributed by atoms with E-state index in [4.69, 9.17) is 23.2 Å². The molecule has 8 heteroatoms. The summed E-state index contributed by atoms with van der Waals surface area (Å²) < 4.78 is 0. The van der Waals surface area contributed by atoms with Crippen LogP contribution in [0.2, 0.25) is 10.0 Å². The third kappa shape index (κ3) is 3.16. The molecule has 2 N–H and O–H groups in total. The molecule has 2 aromatic rings. The van der Waals surface area contributed by atoms with Crippen molar-refractivity contribution in [2.75, 3.05) is 10.2 Å². The van der Waals surface area contributed by atoms with Crippen molar-refractivity contribution >= 4 is 57.9 Å². The van der Waals surface area contributed by atoms with E-state index in [0.29, 0.717) is 10.7 Å². The van der Waals surface area contributed by atoms with Crippen molar-refractivity contribution in [3.8, 4) is 0 Å². The van der Waals surface area contributed by atoms with Crippen LogP contribution in [0, 0.1) is 0 Å². The molecule has 3 rings (SSSR count). The molecule has 0 saturated carbocycles. The molecule has 0 bridgehead atoms. The average molecular weight is 391 g/mol. The Kier molecular flexibility index (Phi) is 4.71. The van der Waals surface area contributed by atoms with Gasteiger partial charge in [-0.15, -0.1) is 0 Å². The van der Waals surface area contributed by atoms with Gasteiger partial charge in [0.25, 0.3) is 5.91 Å². The van der Waals surface area contributed by atoms with Gasteiger partial charge in [-0.1, -0.05) is 29.3 Å². The second-order valence-electron chi connectivity index (χ2n) is 5.52. The summed E-state index contributed by atoms with van der Waals surface area (Å²) in [5.41, 5.74) is 0.783. The first-order valence-electron chi connectivity index (χ1n) is 7.44. The largest absolute Gasteiger partial charge is 0.502 e. The number of nitrogens with one attached hydrogen (secondary N) is 1. The minimum atomic E-state index is -0.858. The van der Waals surface area contributed by atoms with Crippen LogP contribution in [-0.2, 0) is 14.4 Å². The Morgan fingerprint density at radius 3 is 2.27 bits per heavy atom. The van der Waals surface area contributed by atoms with Gasteiger partial charge in [0.1, 0.15) is 0 Å². The molecule has 0 spiro atoms. The van der Waals surface area contributed by atoms with E-state index in [1.807, 2.05) is 0 Å². The molecule has 26 heavy (non-hydrogen) atoms. The van der Waals surface area contributed by atoms with Gasteiger partial charge in [-0.3, -0.25) is 14.4 Å². The van der Waals surface area contributed by atoms with E-state index in [9.17, 15) is 19.5 Å². The summed E-state index contributed by atoms with van der Waals surface area (Å²) in [6, 6.07) is 10.4. The predicted molar refractivity (Wildman–Crippen MR) is 99.2 cm³/mol. The van der Waals surface area contributed by atoms with Crippen molar-refractivity contribution in [1.82, 2.24) is 0 Å². The molecule has 0 radical (unpaired) electrons. The number of hydrogen-bond acceptors (Lipinski definition) is 4. The van der Waals surface area contributed by atoms with Crippen LogP contribution in [0.4, 0.5) is 11.4 Å². The van der Waals surface area contributed by atoms with E-state index in [1.54, 1.807) is 12.1 Å². The Morgan fingerprint density at radius 1 is 1.04 bits per heavy atom. The van der Waals surface area contributed by atoms with Crippen LogP contribution in [0.15, 0.2) is 48.2 Å². The smallest absolute Gasteiger partial charge is 0.301 e. The van der Waals surface area contributed by atoms with Crippen LogP contribution in [0.1, 0.15) is 12.5 Å². The first kappa shape index (κ1) is 18.0. The summed E-state index contributed by atoms with van der Waals surface area (Å²) in [7, 11) is 0. The highest BCUT2D eigenvalue weighted by Gasteiger charge is 2.40. The van der Waals surface area contributed by atoms with E-state index in [0.717, 1.165) is 4.90 Å². The molecule has 132 valence electrons. The maximum atomic E-state index is 12.8. The normalized spacial score (nSPS) is 14.2. The van der Waals surface area contributed by atoms with Gasteiger partial charge in [-0.25, -0.2) is 4.90 Å². The molecule has 1 aliphatic rings. The highest BCUT2D eigenvalue weighted by atomic mass is 35.5. The number of aliphatic hydroxyl groups is 1. The molecule has 0 aliphatic carbocycles. The monoisotopic (exact) mass is 390 g/mol. The van der Waals surface area contributed by atoms with Gasteiger partial charge in [0.15, 0.2) is 5.76 Å². The Bertz CT molecular complexity index is 968. The number of carbonyl (C=O) groups excluding carboxylic acids is 3. The third-order valence-corrected chi connectivity index (χ3v) is 4.25. The zero-order valence-corrected chi connectivity index (χ0v) is 14.9. The lowest BCUT2D eigenvalue weighted by Crippen LogP contribution is -2.31. The van der Waals surface area contributed by atoms with Gasteiger partial charge in [0.2, 0.25) is 5.91 Å². The van der Waals surface area contributed by atoms with Crippen molar-refractivity contribution in [2.24, 2.45) is 0 Å². The van der Waals surface area contributed by atoms with Gasteiger partial charge < -0.3 is 10.4 Å². The second-order valence-corrected chi connectivity index (χ2v) is 6.37. The molecule has 2 aromatic carbocycles. The Hall–Kier alpha value is -2.83. The summed E-state index contributed by atoms with van der Waals surface area (Å²) in [5, 5.41) is 13.3. The van der Waals surface area contributed by atoms with E-state index in [2.05, 4.69) is 5.32 Å². The van der Waals surface area contributed by atoms with Gasteiger partial charge in [0, 0.05) is 23.2 Å². The maximum absolute atomic E-state index is 12.8. The standard InChI is InChI=1S/C18H12Cl2N2O4/c1-9(23)21-11-3-5-12(6-4-11)22-17(25)15(16(24)18(22)26)13-7-2-10(19)8-14(13)20/h2-8,24H,1H3,(H,21,23). The molecule has 0 atom stereocenters. The fourth-order valence-electron chi connectivity index (χ4n) is 2.58.